The molecule has 1 rings (SSSR count). The van der Waals surface area contributed by atoms with Gasteiger partial charge in [0.25, 0.3) is 0 Å². The topological polar surface area (TPSA) is 0 Å². The summed E-state index contributed by atoms with van der Waals surface area (Å²) < 4.78 is 0. The van der Waals surface area contributed by atoms with Crippen molar-refractivity contribution in [2.45, 2.75) is 30.5 Å². The van der Waals surface area contributed by atoms with E-state index in [-0.39, 0.29) is 17.1 Å². The fraction of sp³-hybridized carbons (Fsp3) is 1.00. The predicted molar refractivity (Wildman–Crippen MR) is 31.2 cm³/mol. The molecule has 0 aromatic heterocycles. The molecule has 0 spiro atoms. The van der Waals surface area contributed by atoms with Crippen molar-refractivity contribution < 1.29 is 17.1 Å². The zero-order valence-corrected chi connectivity index (χ0v) is 6.61. The van der Waals surface area contributed by atoms with E-state index in [0.29, 0.717) is 0 Å². The molecular formula is C5H9BrCu. The van der Waals surface area contributed by atoms with Crippen LogP contribution in [0.4, 0.5) is 0 Å². The Balaban J connectivity index is 0.000000360. The van der Waals surface area contributed by atoms with Crippen LogP contribution in [0, 0.1) is 0 Å². The van der Waals surface area contributed by atoms with Crippen LogP contribution in [0.1, 0.15) is 25.7 Å². The van der Waals surface area contributed by atoms with Crippen LogP contribution in [0.25, 0.3) is 0 Å². The second kappa shape index (κ2) is 3.94. The van der Waals surface area contributed by atoms with E-state index in [9.17, 15) is 0 Å². The molecule has 0 aromatic rings. The van der Waals surface area contributed by atoms with Crippen LogP contribution in [0.3, 0.4) is 0 Å². The number of halogens is 1. The smallest absolute Gasteiger partial charge is 0.0145 e. The average Bonchev–Trinajstić information content (AvgIpc) is 1.86. The molecule has 0 nitrogen and oxygen atoms in total. The summed E-state index contributed by atoms with van der Waals surface area (Å²) in [4.78, 5) is 0.859. The zero-order chi connectivity index (χ0) is 4.41. The van der Waals surface area contributed by atoms with E-state index < -0.39 is 0 Å². The summed E-state index contributed by atoms with van der Waals surface area (Å²) in [7, 11) is 0. The van der Waals surface area contributed by atoms with Crippen LogP contribution in [-0.2, 0) is 17.1 Å². The minimum Gasteiger partial charge on any atom is -0.0891 e. The minimum atomic E-state index is 0. The second-order valence-corrected chi connectivity index (χ2v) is 3.18. The van der Waals surface area contributed by atoms with Crippen LogP contribution in [0.15, 0.2) is 0 Å². The van der Waals surface area contributed by atoms with Gasteiger partial charge in [0.1, 0.15) is 0 Å². The van der Waals surface area contributed by atoms with Crippen molar-refractivity contribution in [2.24, 2.45) is 0 Å². The predicted octanol–water partition coefficient (Wildman–Crippen LogP) is 2.32. The number of hydrogen-bond acceptors (Lipinski definition) is 0. The molecule has 47 valence electrons. The first-order valence-electron chi connectivity index (χ1n) is 2.53. The van der Waals surface area contributed by atoms with Crippen molar-refractivity contribution in [3.05, 3.63) is 0 Å². The Hall–Kier alpha value is 0.999. The quantitative estimate of drug-likeness (QED) is 0.427. The monoisotopic (exact) mass is 211 g/mol. The molecular weight excluding hydrogens is 204 g/mol. The molecule has 1 aliphatic rings. The maximum atomic E-state index is 3.54. The van der Waals surface area contributed by atoms with Crippen molar-refractivity contribution in [2.75, 3.05) is 0 Å². The fourth-order valence-corrected chi connectivity index (χ4v) is 1.52. The molecule has 0 saturated heterocycles. The van der Waals surface area contributed by atoms with Gasteiger partial charge in [0.05, 0.1) is 0 Å². The third-order valence-corrected chi connectivity index (χ3v) is 2.20. The fourth-order valence-electron chi connectivity index (χ4n) is 0.876. The van der Waals surface area contributed by atoms with Crippen molar-refractivity contribution in [3.63, 3.8) is 0 Å². The Morgan fingerprint density at radius 2 is 1.57 bits per heavy atom. The van der Waals surface area contributed by atoms with E-state index in [4.69, 9.17) is 0 Å². The molecule has 1 fully saturated rings. The average molecular weight is 213 g/mol. The third-order valence-electron chi connectivity index (χ3n) is 1.28. The van der Waals surface area contributed by atoms with E-state index >= 15 is 0 Å². The van der Waals surface area contributed by atoms with Crippen molar-refractivity contribution >= 4 is 15.9 Å². The zero-order valence-electron chi connectivity index (χ0n) is 4.09. The van der Waals surface area contributed by atoms with Gasteiger partial charge in [-0.25, -0.2) is 0 Å². The Morgan fingerprint density at radius 1 is 1.14 bits per heavy atom. The van der Waals surface area contributed by atoms with Crippen LogP contribution >= 0.6 is 15.9 Å². The summed E-state index contributed by atoms with van der Waals surface area (Å²) in [5.74, 6) is 0. The molecule has 1 saturated carbocycles. The molecule has 0 aromatic carbocycles. The molecule has 0 N–H and O–H groups in total. The maximum Gasteiger partial charge on any atom is 0.0145 e. The van der Waals surface area contributed by atoms with Crippen LogP contribution in [0.5, 0.6) is 0 Å². The molecule has 0 aliphatic heterocycles. The standard InChI is InChI=1S/C5H9Br.Cu/c6-5-3-1-2-4-5;/h5H,1-4H2;. The summed E-state index contributed by atoms with van der Waals surface area (Å²) in [5, 5.41) is 0. The SMILES string of the molecule is BrC1CCCC1.[Cu]. The minimum absolute atomic E-state index is 0. The largest absolute Gasteiger partial charge is 0.0891 e. The summed E-state index contributed by atoms with van der Waals surface area (Å²) in [6.07, 6.45) is 5.69. The van der Waals surface area contributed by atoms with Gasteiger partial charge < -0.3 is 0 Å². The van der Waals surface area contributed by atoms with Gasteiger partial charge in [0.2, 0.25) is 0 Å². The first kappa shape index (κ1) is 8.00. The molecule has 0 heterocycles. The van der Waals surface area contributed by atoms with Gasteiger partial charge in [0.15, 0.2) is 0 Å². The van der Waals surface area contributed by atoms with E-state index in [1.807, 2.05) is 0 Å². The van der Waals surface area contributed by atoms with Gasteiger partial charge in [-0.1, -0.05) is 28.8 Å². The van der Waals surface area contributed by atoms with Crippen LogP contribution in [0.2, 0.25) is 0 Å². The summed E-state index contributed by atoms with van der Waals surface area (Å²) in [6, 6.07) is 0. The number of hydrogen-bond donors (Lipinski definition) is 0. The van der Waals surface area contributed by atoms with Crippen molar-refractivity contribution in [1.82, 2.24) is 0 Å². The van der Waals surface area contributed by atoms with Gasteiger partial charge in [-0.3, -0.25) is 0 Å². The maximum absolute atomic E-state index is 3.54. The van der Waals surface area contributed by atoms with Gasteiger partial charge >= 0.3 is 0 Å². The number of rotatable bonds is 0. The molecule has 0 amide bonds. The first-order valence-corrected chi connectivity index (χ1v) is 3.45. The summed E-state index contributed by atoms with van der Waals surface area (Å²) >= 11 is 3.54. The third kappa shape index (κ3) is 2.73. The molecule has 2 heteroatoms. The van der Waals surface area contributed by atoms with Gasteiger partial charge in [-0.2, -0.15) is 0 Å². The molecule has 1 radical (unpaired) electrons. The molecule has 0 unspecified atom stereocenters. The summed E-state index contributed by atoms with van der Waals surface area (Å²) in [6.45, 7) is 0. The van der Waals surface area contributed by atoms with Crippen molar-refractivity contribution in [3.8, 4) is 0 Å². The summed E-state index contributed by atoms with van der Waals surface area (Å²) in [5.41, 5.74) is 0. The van der Waals surface area contributed by atoms with E-state index in [1.165, 1.54) is 25.7 Å². The van der Waals surface area contributed by atoms with Gasteiger partial charge in [-0.15, -0.1) is 0 Å². The normalized spacial score (nSPS) is 21.9. The van der Waals surface area contributed by atoms with Crippen molar-refractivity contribution in [1.29, 1.82) is 0 Å². The van der Waals surface area contributed by atoms with Gasteiger partial charge in [-0.05, 0) is 12.8 Å². The Kier molecular flexibility index (Phi) is 4.50. The van der Waals surface area contributed by atoms with E-state index in [0.717, 1.165) is 4.83 Å². The number of alkyl halides is 1. The molecule has 0 bridgehead atoms. The molecule has 0 atom stereocenters. The molecule has 7 heavy (non-hydrogen) atoms. The van der Waals surface area contributed by atoms with Crippen LogP contribution in [-0.4, -0.2) is 4.83 Å². The van der Waals surface area contributed by atoms with Crippen LogP contribution < -0.4 is 0 Å². The Bertz CT molecular complexity index is 41.3. The van der Waals surface area contributed by atoms with Gasteiger partial charge in [0, 0.05) is 21.9 Å². The second-order valence-electron chi connectivity index (χ2n) is 1.88. The van der Waals surface area contributed by atoms with E-state index in [2.05, 4.69) is 15.9 Å². The Morgan fingerprint density at radius 3 is 1.71 bits per heavy atom. The molecule has 1 aliphatic carbocycles. The first-order chi connectivity index (χ1) is 2.89. The van der Waals surface area contributed by atoms with E-state index in [1.54, 1.807) is 0 Å². The Labute approximate surface area is 63.7 Å².